The quantitative estimate of drug-likeness (QED) is 0.240. The van der Waals surface area contributed by atoms with Crippen molar-refractivity contribution in [2.45, 2.75) is 58.0 Å². The van der Waals surface area contributed by atoms with Crippen LogP contribution >= 0.6 is 0 Å². The maximum atomic E-state index is 14.3. The SMILES string of the molecule is CCCCNC(=O)C(C)N(Cc1ccc(OC)cc1)C(=O)CN(c1cc(C)cc(C)c1)S(=O)(=O)c1ccc(OC)c(OC)c1. The Balaban J connectivity index is 2.07. The minimum absolute atomic E-state index is 0.0748. The number of aryl methyl sites for hydroxylation is 2. The van der Waals surface area contributed by atoms with Crippen LogP contribution in [0.15, 0.2) is 65.6 Å². The van der Waals surface area contributed by atoms with Gasteiger partial charge in [0.2, 0.25) is 11.8 Å². The van der Waals surface area contributed by atoms with Gasteiger partial charge in [0.05, 0.1) is 31.9 Å². The Kier molecular flexibility index (Phi) is 12.0. The van der Waals surface area contributed by atoms with E-state index in [0.717, 1.165) is 33.8 Å². The minimum Gasteiger partial charge on any atom is -0.497 e. The largest absolute Gasteiger partial charge is 0.497 e. The summed E-state index contributed by atoms with van der Waals surface area (Å²) in [6.07, 6.45) is 1.71. The third kappa shape index (κ3) is 8.43. The highest BCUT2D eigenvalue weighted by atomic mass is 32.2. The van der Waals surface area contributed by atoms with Crippen LogP contribution in [-0.2, 0) is 26.2 Å². The number of nitrogens with zero attached hydrogens (tertiary/aromatic N) is 2. The van der Waals surface area contributed by atoms with E-state index in [4.69, 9.17) is 14.2 Å². The van der Waals surface area contributed by atoms with Crippen LogP contribution in [-0.4, -0.2) is 65.6 Å². The van der Waals surface area contributed by atoms with E-state index < -0.39 is 28.5 Å². The first-order valence-corrected chi connectivity index (χ1v) is 15.9. The van der Waals surface area contributed by atoms with Crippen LogP contribution in [0.5, 0.6) is 17.2 Å². The van der Waals surface area contributed by atoms with Crippen LogP contribution in [0.2, 0.25) is 0 Å². The van der Waals surface area contributed by atoms with Gasteiger partial charge in [-0.25, -0.2) is 8.42 Å². The topological polar surface area (TPSA) is 114 Å². The number of sulfonamides is 1. The summed E-state index contributed by atoms with van der Waals surface area (Å²) in [4.78, 5) is 28.7. The third-order valence-electron chi connectivity index (χ3n) is 7.23. The summed E-state index contributed by atoms with van der Waals surface area (Å²) in [5.41, 5.74) is 2.75. The molecule has 1 N–H and O–H groups in total. The molecule has 1 atom stereocenters. The molecule has 11 heteroatoms. The number of carbonyl (C=O) groups is 2. The van der Waals surface area contributed by atoms with Crippen LogP contribution < -0.4 is 23.8 Å². The van der Waals surface area contributed by atoms with Crippen LogP contribution in [0.4, 0.5) is 5.69 Å². The maximum absolute atomic E-state index is 14.3. The Labute approximate surface area is 261 Å². The summed E-state index contributed by atoms with van der Waals surface area (Å²) in [7, 11) is 0.159. The summed E-state index contributed by atoms with van der Waals surface area (Å²) in [6.45, 7) is 7.41. The first kappa shape index (κ1) is 34.2. The fourth-order valence-electron chi connectivity index (χ4n) is 4.77. The highest BCUT2D eigenvalue weighted by molar-refractivity contribution is 7.92. The smallest absolute Gasteiger partial charge is 0.264 e. The van der Waals surface area contributed by atoms with Gasteiger partial charge in [-0.2, -0.15) is 0 Å². The lowest BCUT2D eigenvalue weighted by atomic mass is 10.1. The monoisotopic (exact) mass is 625 g/mol. The Hall–Kier alpha value is -4.25. The van der Waals surface area contributed by atoms with E-state index in [0.29, 0.717) is 23.7 Å². The molecule has 10 nitrogen and oxygen atoms in total. The van der Waals surface area contributed by atoms with Crippen molar-refractivity contribution < 1.29 is 32.2 Å². The zero-order valence-electron chi connectivity index (χ0n) is 26.5. The molecule has 0 aliphatic rings. The molecule has 0 saturated carbocycles. The summed E-state index contributed by atoms with van der Waals surface area (Å²) in [5, 5.41) is 2.89. The number of hydrogen-bond donors (Lipinski definition) is 1. The Morgan fingerprint density at radius 1 is 0.864 bits per heavy atom. The van der Waals surface area contributed by atoms with Crippen molar-refractivity contribution in [3.05, 3.63) is 77.4 Å². The standard InChI is InChI=1S/C33H43N3O7S/c1-8-9-16-34-33(38)25(4)35(21-26-10-12-28(41-5)13-11-26)32(37)22-36(27-18-23(2)17-24(3)19-27)44(39,40)29-14-15-30(42-6)31(20-29)43-7/h10-15,17-20,25H,8-9,16,21-22H2,1-7H3,(H,34,38). The van der Waals surface area contributed by atoms with E-state index in [-0.39, 0.29) is 23.1 Å². The Morgan fingerprint density at radius 2 is 1.50 bits per heavy atom. The van der Waals surface area contributed by atoms with Crippen LogP contribution in [0.3, 0.4) is 0 Å². The molecule has 238 valence electrons. The normalized spacial score (nSPS) is 11.8. The van der Waals surface area contributed by atoms with Gasteiger partial charge in [-0.3, -0.25) is 13.9 Å². The molecule has 0 aromatic heterocycles. The van der Waals surface area contributed by atoms with E-state index in [1.54, 1.807) is 38.3 Å². The summed E-state index contributed by atoms with van der Waals surface area (Å²) >= 11 is 0. The van der Waals surface area contributed by atoms with Crippen molar-refractivity contribution >= 4 is 27.5 Å². The average molecular weight is 626 g/mol. The third-order valence-corrected chi connectivity index (χ3v) is 8.99. The van der Waals surface area contributed by atoms with Crippen molar-refractivity contribution in [3.8, 4) is 17.2 Å². The van der Waals surface area contributed by atoms with Crippen LogP contribution in [0, 0.1) is 13.8 Å². The van der Waals surface area contributed by atoms with Crippen LogP contribution in [0.25, 0.3) is 0 Å². The molecule has 0 aliphatic carbocycles. The van der Waals surface area contributed by atoms with Gasteiger partial charge in [0.15, 0.2) is 11.5 Å². The number of benzene rings is 3. The van der Waals surface area contributed by atoms with Crippen molar-refractivity contribution in [1.29, 1.82) is 0 Å². The van der Waals surface area contributed by atoms with Gasteiger partial charge in [-0.15, -0.1) is 0 Å². The predicted octanol–water partition coefficient (Wildman–Crippen LogP) is 4.86. The summed E-state index contributed by atoms with van der Waals surface area (Å²) in [6, 6.07) is 15.9. The molecule has 1 unspecified atom stereocenters. The number of carbonyl (C=O) groups excluding carboxylic acids is 2. The molecule has 0 radical (unpaired) electrons. The van der Waals surface area contributed by atoms with E-state index in [1.165, 1.54) is 37.3 Å². The minimum atomic E-state index is -4.29. The molecule has 0 bridgehead atoms. The second-order valence-corrected chi connectivity index (χ2v) is 12.4. The number of anilines is 1. The number of nitrogens with one attached hydrogen (secondary N) is 1. The number of unbranched alkanes of at least 4 members (excludes halogenated alkanes) is 1. The zero-order valence-corrected chi connectivity index (χ0v) is 27.4. The lowest BCUT2D eigenvalue weighted by Crippen LogP contribution is -2.51. The van der Waals surface area contributed by atoms with Gasteiger partial charge in [0.25, 0.3) is 10.0 Å². The van der Waals surface area contributed by atoms with Crippen molar-refractivity contribution in [2.24, 2.45) is 0 Å². The summed E-state index contributed by atoms with van der Waals surface area (Å²) < 4.78 is 45.5. The number of rotatable bonds is 15. The number of methoxy groups -OCH3 is 3. The molecular formula is C33H43N3O7S. The maximum Gasteiger partial charge on any atom is 0.264 e. The van der Waals surface area contributed by atoms with Gasteiger partial charge in [0, 0.05) is 19.2 Å². The molecule has 0 fully saturated rings. The molecule has 0 saturated heterocycles. The predicted molar refractivity (Wildman–Crippen MR) is 171 cm³/mol. The molecular weight excluding hydrogens is 582 g/mol. The number of amides is 2. The first-order valence-electron chi connectivity index (χ1n) is 14.5. The van der Waals surface area contributed by atoms with Crippen molar-refractivity contribution in [1.82, 2.24) is 10.2 Å². The molecule has 44 heavy (non-hydrogen) atoms. The van der Waals surface area contributed by atoms with Gasteiger partial charge in [0.1, 0.15) is 18.3 Å². The van der Waals surface area contributed by atoms with Gasteiger partial charge >= 0.3 is 0 Å². The molecule has 3 aromatic rings. The fourth-order valence-corrected chi connectivity index (χ4v) is 6.19. The molecule has 3 aromatic carbocycles. The average Bonchev–Trinajstić information content (AvgIpc) is 3.01. The second-order valence-electron chi connectivity index (χ2n) is 10.6. The van der Waals surface area contributed by atoms with E-state index in [1.807, 2.05) is 39.0 Å². The molecule has 2 amide bonds. The van der Waals surface area contributed by atoms with Gasteiger partial charge < -0.3 is 24.4 Å². The molecule has 0 aliphatic heterocycles. The van der Waals surface area contributed by atoms with Crippen molar-refractivity contribution in [2.75, 3.05) is 38.7 Å². The molecule has 0 heterocycles. The lowest BCUT2D eigenvalue weighted by Gasteiger charge is -2.32. The highest BCUT2D eigenvalue weighted by Gasteiger charge is 2.33. The second kappa shape index (κ2) is 15.5. The highest BCUT2D eigenvalue weighted by Crippen LogP contribution is 2.33. The van der Waals surface area contributed by atoms with Crippen molar-refractivity contribution in [3.63, 3.8) is 0 Å². The Morgan fingerprint density at radius 3 is 2.07 bits per heavy atom. The summed E-state index contributed by atoms with van der Waals surface area (Å²) in [5.74, 6) is 0.398. The van der Waals surface area contributed by atoms with Gasteiger partial charge in [-0.1, -0.05) is 31.5 Å². The number of ether oxygens (including phenoxy) is 3. The Bertz CT molecular complexity index is 1520. The molecule has 3 rings (SSSR count). The number of hydrogen-bond acceptors (Lipinski definition) is 7. The van der Waals surface area contributed by atoms with E-state index in [9.17, 15) is 18.0 Å². The molecule has 0 spiro atoms. The first-order chi connectivity index (χ1) is 20.9. The van der Waals surface area contributed by atoms with Crippen LogP contribution in [0.1, 0.15) is 43.4 Å². The zero-order chi connectivity index (χ0) is 32.4. The van der Waals surface area contributed by atoms with Gasteiger partial charge in [-0.05, 0) is 80.3 Å². The lowest BCUT2D eigenvalue weighted by molar-refractivity contribution is -0.139. The fraction of sp³-hybridized carbons (Fsp3) is 0.394. The van der Waals surface area contributed by atoms with E-state index in [2.05, 4.69) is 5.32 Å². The van der Waals surface area contributed by atoms with E-state index >= 15 is 0 Å².